The fourth-order valence-electron chi connectivity index (χ4n) is 3.04. The van der Waals surface area contributed by atoms with E-state index in [0.29, 0.717) is 12.4 Å². The summed E-state index contributed by atoms with van der Waals surface area (Å²) in [6, 6.07) is 12.6. The topological polar surface area (TPSA) is 53.6 Å². The first-order chi connectivity index (χ1) is 13.9. The Hall–Kier alpha value is -3.61. The van der Waals surface area contributed by atoms with Crippen LogP contribution in [-0.2, 0) is 12.7 Å². The highest BCUT2D eigenvalue weighted by atomic mass is 19.4. The molecule has 0 bridgehead atoms. The van der Waals surface area contributed by atoms with Crippen LogP contribution in [0.2, 0.25) is 0 Å². The quantitative estimate of drug-likeness (QED) is 0.460. The summed E-state index contributed by atoms with van der Waals surface area (Å²) in [5.74, 6) is 0.627. The second-order valence-corrected chi connectivity index (χ2v) is 6.56. The second kappa shape index (κ2) is 7.43. The number of hydrogen-bond donors (Lipinski definition) is 2. The van der Waals surface area contributed by atoms with E-state index in [-0.39, 0.29) is 0 Å². The van der Waals surface area contributed by atoms with E-state index in [2.05, 4.69) is 26.8 Å². The molecule has 0 aliphatic rings. The van der Waals surface area contributed by atoms with Gasteiger partial charge in [0.05, 0.1) is 5.56 Å². The van der Waals surface area contributed by atoms with Crippen molar-refractivity contribution in [3.8, 4) is 0 Å². The van der Waals surface area contributed by atoms with Crippen LogP contribution in [0.5, 0.6) is 0 Å². The number of anilines is 1. The summed E-state index contributed by atoms with van der Waals surface area (Å²) in [5, 5.41) is 4.10. The molecule has 0 spiro atoms. The third-order valence-electron chi connectivity index (χ3n) is 4.64. The maximum Gasteiger partial charge on any atom is 0.416 e. The van der Waals surface area contributed by atoms with Gasteiger partial charge < -0.3 is 10.3 Å². The van der Waals surface area contributed by atoms with Gasteiger partial charge in [0.1, 0.15) is 11.5 Å². The Kier molecular flexibility index (Phi) is 4.80. The number of nitrogens with one attached hydrogen (secondary N) is 2. The van der Waals surface area contributed by atoms with E-state index in [1.807, 2.05) is 30.5 Å². The van der Waals surface area contributed by atoms with Gasteiger partial charge >= 0.3 is 6.18 Å². The van der Waals surface area contributed by atoms with Gasteiger partial charge in [-0.25, -0.2) is 9.97 Å². The van der Waals surface area contributed by atoms with Gasteiger partial charge in [-0.05, 0) is 47.5 Å². The molecule has 2 N–H and O–H groups in total. The third-order valence-corrected chi connectivity index (χ3v) is 4.64. The summed E-state index contributed by atoms with van der Waals surface area (Å²) in [4.78, 5) is 11.8. The molecular formula is C22H17F3N4. The number of aromatic amines is 1. The molecule has 1 aromatic carbocycles. The Balaban J connectivity index is 1.43. The van der Waals surface area contributed by atoms with Crippen LogP contribution < -0.4 is 5.32 Å². The second-order valence-electron chi connectivity index (χ2n) is 6.56. The lowest BCUT2D eigenvalue weighted by molar-refractivity contribution is -0.137. The molecule has 3 heterocycles. The minimum absolute atomic E-state index is 0.375. The van der Waals surface area contributed by atoms with E-state index in [9.17, 15) is 13.2 Å². The average Bonchev–Trinajstić information content (AvgIpc) is 3.16. The zero-order chi connectivity index (χ0) is 20.4. The molecule has 29 heavy (non-hydrogen) atoms. The van der Waals surface area contributed by atoms with E-state index in [1.54, 1.807) is 12.4 Å². The predicted molar refractivity (Wildman–Crippen MR) is 107 cm³/mol. The summed E-state index contributed by atoms with van der Waals surface area (Å²) in [7, 11) is 0. The standard InChI is InChI=1S/C22H17F3N4/c1-14(19-13-29-21-18(19)3-2-10-26-21)16-6-9-20(28-12-16)27-11-15-4-7-17(8-5-15)22(23,24)25/h2-10,12-13H,1,11H2,(H,26,29)(H,27,28). The number of alkyl halides is 3. The number of nitrogens with zero attached hydrogens (tertiary/aromatic N) is 2. The molecule has 4 rings (SSSR count). The molecule has 4 nitrogen and oxygen atoms in total. The zero-order valence-electron chi connectivity index (χ0n) is 15.3. The Morgan fingerprint density at radius 2 is 1.83 bits per heavy atom. The number of halogens is 3. The molecule has 0 unspecified atom stereocenters. The van der Waals surface area contributed by atoms with Gasteiger partial charge in [-0.1, -0.05) is 18.7 Å². The van der Waals surface area contributed by atoms with E-state index in [0.717, 1.165) is 45.4 Å². The lowest BCUT2D eigenvalue weighted by atomic mass is 10.0. The van der Waals surface area contributed by atoms with E-state index in [1.165, 1.54) is 12.1 Å². The summed E-state index contributed by atoms with van der Waals surface area (Å²) in [6.45, 7) is 4.54. The lowest BCUT2D eigenvalue weighted by Crippen LogP contribution is -2.06. The van der Waals surface area contributed by atoms with Gasteiger partial charge in [0.15, 0.2) is 0 Å². The maximum absolute atomic E-state index is 12.6. The van der Waals surface area contributed by atoms with Gasteiger partial charge in [0.2, 0.25) is 0 Å². The molecule has 4 aromatic rings. The van der Waals surface area contributed by atoms with Gasteiger partial charge in [-0.15, -0.1) is 0 Å². The van der Waals surface area contributed by atoms with Crippen molar-refractivity contribution in [3.63, 3.8) is 0 Å². The molecule has 7 heteroatoms. The van der Waals surface area contributed by atoms with Crippen LogP contribution in [0.1, 0.15) is 22.3 Å². The molecule has 0 aliphatic heterocycles. The van der Waals surface area contributed by atoms with Crippen LogP contribution >= 0.6 is 0 Å². The number of benzene rings is 1. The Morgan fingerprint density at radius 3 is 2.52 bits per heavy atom. The lowest BCUT2D eigenvalue weighted by Gasteiger charge is -2.10. The largest absolute Gasteiger partial charge is 0.416 e. The smallest absolute Gasteiger partial charge is 0.366 e. The first kappa shape index (κ1) is 18.7. The fourth-order valence-corrected chi connectivity index (χ4v) is 3.04. The van der Waals surface area contributed by atoms with Crippen LogP contribution in [-0.4, -0.2) is 15.0 Å². The van der Waals surface area contributed by atoms with Crippen LogP contribution in [0.25, 0.3) is 16.6 Å². The highest BCUT2D eigenvalue weighted by Crippen LogP contribution is 2.29. The minimum atomic E-state index is -4.33. The Labute approximate surface area is 165 Å². The van der Waals surface area contributed by atoms with Crippen molar-refractivity contribution in [3.05, 3.63) is 96.0 Å². The molecule has 0 saturated heterocycles. The first-order valence-corrected chi connectivity index (χ1v) is 8.89. The normalized spacial score (nSPS) is 11.6. The fraction of sp³-hybridized carbons (Fsp3) is 0.0909. The molecule has 3 aromatic heterocycles. The van der Waals surface area contributed by atoms with Crippen LogP contribution in [0.15, 0.2) is 73.7 Å². The van der Waals surface area contributed by atoms with Crippen molar-refractivity contribution in [1.29, 1.82) is 0 Å². The molecule has 0 radical (unpaired) electrons. The highest BCUT2D eigenvalue weighted by Gasteiger charge is 2.29. The molecule has 0 aliphatic carbocycles. The van der Waals surface area contributed by atoms with Gasteiger partial charge in [0, 0.05) is 41.6 Å². The molecule has 0 fully saturated rings. The maximum atomic E-state index is 12.6. The van der Waals surface area contributed by atoms with Gasteiger partial charge in [-0.3, -0.25) is 0 Å². The summed E-state index contributed by atoms with van der Waals surface area (Å²) in [5.41, 5.74) is 3.53. The van der Waals surface area contributed by atoms with Crippen molar-refractivity contribution >= 4 is 22.4 Å². The Morgan fingerprint density at radius 1 is 1.03 bits per heavy atom. The summed E-state index contributed by atoms with van der Waals surface area (Å²) < 4.78 is 37.9. The minimum Gasteiger partial charge on any atom is -0.366 e. The third kappa shape index (κ3) is 3.99. The van der Waals surface area contributed by atoms with Crippen LogP contribution in [0.4, 0.5) is 19.0 Å². The van der Waals surface area contributed by atoms with Gasteiger partial charge in [-0.2, -0.15) is 13.2 Å². The van der Waals surface area contributed by atoms with Crippen LogP contribution in [0.3, 0.4) is 0 Å². The SMILES string of the molecule is C=C(c1ccc(NCc2ccc(C(F)(F)F)cc2)nc1)c1c[nH]c2ncccc12. The van der Waals surface area contributed by atoms with E-state index in [4.69, 9.17) is 0 Å². The van der Waals surface area contributed by atoms with Crippen molar-refractivity contribution in [2.24, 2.45) is 0 Å². The number of hydrogen-bond acceptors (Lipinski definition) is 3. The average molecular weight is 394 g/mol. The molecular weight excluding hydrogens is 377 g/mol. The van der Waals surface area contributed by atoms with Crippen LogP contribution in [0, 0.1) is 0 Å². The van der Waals surface area contributed by atoms with Gasteiger partial charge in [0.25, 0.3) is 0 Å². The predicted octanol–water partition coefficient (Wildman–Crippen LogP) is 5.65. The molecule has 0 atom stereocenters. The van der Waals surface area contributed by atoms with E-state index >= 15 is 0 Å². The van der Waals surface area contributed by atoms with Crippen molar-refractivity contribution in [2.45, 2.75) is 12.7 Å². The number of rotatable bonds is 5. The number of pyridine rings is 2. The van der Waals surface area contributed by atoms with Crippen molar-refractivity contribution in [1.82, 2.24) is 15.0 Å². The number of H-pyrrole nitrogens is 1. The summed E-state index contributed by atoms with van der Waals surface area (Å²) >= 11 is 0. The van der Waals surface area contributed by atoms with Crippen molar-refractivity contribution in [2.75, 3.05) is 5.32 Å². The number of fused-ring (bicyclic) bond motifs is 1. The first-order valence-electron chi connectivity index (χ1n) is 8.89. The van der Waals surface area contributed by atoms with Crippen molar-refractivity contribution < 1.29 is 13.2 Å². The molecule has 0 saturated carbocycles. The summed E-state index contributed by atoms with van der Waals surface area (Å²) in [6.07, 6.45) is 0.986. The zero-order valence-corrected chi connectivity index (χ0v) is 15.3. The molecule has 146 valence electrons. The Bertz CT molecular complexity index is 1140. The highest BCUT2D eigenvalue weighted by molar-refractivity contribution is 5.94. The monoisotopic (exact) mass is 394 g/mol. The number of aromatic nitrogens is 3. The molecule has 0 amide bonds. The van der Waals surface area contributed by atoms with E-state index < -0.39 is 11.7 Å².